The van der Waals surface area contributed by atoms with Gasteiger partial charge in [0.05, 0.1) is 0 Å². The molecule has 0 radical (unpaired) electrons. The van der Waals surface area contributed by atoms with E-state index in [0.717, 1.165) is 5.56 Å². The number of halogens is 2. The van der Waals surface area contributed by atoms with E-state index in [4.69, 9.17) is 23.2 Å². The quantitative estimate of drug-likeness (QED) is 0.624. The standard InChI is InChI=1S/C13H9Cl2NO/c14-11-4-2-1-3-9(11)7-12(17)10-5-6-13(15)16-8-10/h1-6,8H,7H2. The van der Waals surface area contributed by atoms with Crippen LogP contribution < -0.4 is 0 Å². The van der Waals surface area contributed by atoms with Gasteiger partial charge in [0.2, 0.25) is 0 Å². The summed E-state index contributed by atoms with van der Waals surface area (Å²) in [6, 6.07) is 10.6. The highest BCUT2D eigenvalue weighted by molar-refractivity contribution is 6.31. The van der Waals surface area contributed by atoms with E-state index in [9.17, 15) is 4.79 Å². The van der Waals surface area contributed by atoms with Crippen molar-refractivity contribution in [3.05, 3.63) is 63.9 Å². The predicted molar refractivity (Wildman–Crippen MR) is 68.7 cm³/mol. The summed E-state index contributed by atoms with van der Waals surface area (Å²) in [7, 11) is 0. The van der Waals surface area contributed by atoms with Crippen molar-refractivity contribution in [1.29, 1.82) is 0 Å². The second-order valence-electron chi connectivity index (χ2n) is 3.56. The Labute approximate surface area is 109 Å². The van der Waals surface area contributed by atoms with Crippen molar-refractivity contribution in [1.82, 2.24) is 4.98 Å². The largest absolute Gasteiger partial charge is 0.294 e. The molecule has 0 amide bonds. The molecule has 1 heterocycles. The third-order valence-electron chi connectivity index (χ3n) is 2.36. The molecular weight excluding hydrogens is 257 g/mol. The Hall–Kier alpha value is -1.38. The Morgan fingerprint density at radius 3 is 2.53 bits per heavy atom. The summed E-state index contributed by atoms with van der Waals surface area (Å²) in [5.41, 5.74) is 1.35. The lowest BCUT2D eigenvalue weighted by atomic mass is 10.0. The van der Waals surface area contributed by atoms with Gasteiger partial charge in [0.25, 0.3) is 0 Å². The lowest BCUT2D eigenvalue weighted by molar-refractivity contribution is 0.0992. The van der Waals surface area contributed by atoms with E-state index in [-0.39, 0.29) is 12.2 Å². The van der Waals surface area contributed by atoms with Crippen LogP contribution in [0.2, 0.25) is 10.2 Å². The molecule has 2 aromatic rings. The Morgan fingerprint density at radius 1 is 1.12 bits per heavy atom. The van der Waals surface area contributed by atoms with E-state index < -0.39 is 0 Å². The van der Waals surface area contributed by atoms with Crippen LogP contribution in [0, 0.1) is 0 Å². The average molecular weight is 266 g/mol. The minimum Gasteiger partial charge on any atom is -0.294 e. The highest BCUT2D eigenvalue weighted by atomic mass is 35.5. The van der Waals surface area contributed by atoms with Gasteiger partial charge in [-0.25, -0.2) is 4.98 Å². The number of ketones is 1. The van der Waals surface area contributed by atoms with Crippen LogP contribution in [0.3, 0.4) is 0 Å². The SMILES string of the molecule is O=C(Cc1ccccc1Cl)c1ccc(Cl)nc1. The maximum absolute atomic E-state index is 11.9. The number of pyridine rings is 1. The van der Waals surface area contributed by atoms with E-state index in [0.29, 0.717) is 15.7 Å². The van der Waals surface area contributed by atoms with Gasteiger partial charge in [0.1, 0.15) is 5.15 Å². The molecule has 0 fully saturated rings. The molecule has 86 valence electrons. The van der Waals surface area contributed by atoms with Crippen molar-refractivity contribution in [3.63, 3.8) is 0 Å². The molecule has 1 aromatic heterocycles. The van der Waals surface area contributed by atoms with Crippen LogP contribution in [0.15, 0.2) is 42.6 Å². The molecule has 0 aliphatic heterocycles. The van der Waals surface area contributed by atoms with E-state index in [2.05, 4.69) is 4.98 Å². The highest BCUT2D eigenvalue weighted by Gasteiger charge is 2.09. The number of hydrogen-bond donors (Lipinski definition) is 0. The first-order valence-corrected chi connectivity index (χ1v) is 5.80. The van der Waals surface area contributed by atoms with Crippen LogP contribution in [-0.2, 0) is 6.42 Å². The third kappa shape index (κ3) is 3.05. The number of rotatable bonds is 3. The fourth-order valence-corrected chi connectivity index (χ4v) is 1.77. The van der Waals surface area contributed by atoms with Crippen molar-refractivity contribution in [2.75, 3.05) is 0 Å². The van der Waals surface area contributed by atoms with Gasteiger partial charge < -0.3 is 0 Å². The highest BCUT2D eigenvalue weighted by Crippen LogP contribution is 2.17. The van der Waals surface area contributed by atoms with E-state index >= 15 is 0 Å². The van der Waals surface area contributed by atoms with Gasteiger partial charge in [0, 0.05) is 23.2 Å². The fraction of sp³-hybridized carbons (Fsp3) is 0.0769. The molecule has 0 aliphatic rings. The molecule has 0 saturated heterocycles. The zero-order valence-electron chi connectivity index (χ0n) is 8.86. The minimum atomic E-state index is -0.0257. The summed E-state index contributed by atoms with van der Waals surface area (Å²) in [5, 5.41) is 0.974. The van der Waals surface area contributed by atoms with Crippen molar-refractivity contribution in [2.45, 2.75) is 6.42 Å². The van der Waals surface area contributed by atoms with Gasteiger partial charge in [-0.05, 0) is 23.8 Å². The van der Waals surface area contributed by atoms with Crippen LogP contribution in [0.25, 0.3) is 0 Å². The van der Waals surface area contributed by atoms with Crippen molar-refractivity contribution in [3.8, 4) is 0 Å². The van der Waals surface area contributed by atoms with Gasteiger partial charge in [-0.3, -0.25) is 4.79 Å². The topological polar surface area (TPSA) is 30.0 Å². The maximum Gasteiger partial charge on any atom is 0.168 e. The number of Topliss-reactive ketones (excluding diaryl/α,β-unsaturated/α-hetero) is 1. The minimum absolute atomic E-state index is 0.0257. The Morgan fingerprint density at radius 2 is 1.88 bits per heavy atom. The number of carbonyl (C=O) groups excluding carboxylic acids is 1. The van der Waals surface area contributed by atoms with Crippen LogP contribution in [0.4, 0.5) is 0 Å². The molecule has 4 heteroatoms. The first kappa shape index (κ1) is 12.1. The average Bonchev–Trinajstić information content (AvgIpc) is 2.33. The molecule has 0 saturated carbocycles. The number of carbonyl (C=O) groups is 1. The predicted octanol–water partition coefficient (Wildman–Crippen LogP) is 3.81. The molecule has 17 heavy (non-hydrogen) atoms. The summed E-state index contributed by atoms with van der Waals surface area (Å²) in [5.74, 6) is -0.0257. The summed E-state index contributed by atoms with van der Waals surface area (Å²) in [4.78, 5) is 15.8. The molecular formula is C13H9Cl2NO. The normalized spacial score (nSPS) is 10.2. The zero-order chi connectivity index (χ0) is 12.3. The fourth-order valence-electron chi connectivity index (χ4n) is 1.46. The molecule has 2 rings (SSSR count). The van der Waals surface area contributed by atoms with Crippen LogP contribution in [0.1, 0.15) is 15.9 Å². The van der Waals surface area contributed by atoms with Gasteiger partial charge in [0.15, 0.2) is 5.78 Å². The molecule has 0 aliphatic carbocycles. The number of nitrogens with zero attached hydrogens (tertiary/aromatic N) is 1. The van der Waals surface area contributed by atoms with Crippen molar-refractivity contribution in [2.24, 2.45) is 0 Å². The van der Waals surface area contributed by atoms with E-state index in [1.54, 1.807) is 18.2 Å². The maximum atomic E-state index is 11.9. The van der Waals surface area contributed by atoms with Crippen LogP contribution in [-0.4, -0.2) is 10.8 Å². The molecule has 0 spiro atoms. The van der Waals surface area contributed by atoms with Crippen LogP contribution in [0.5, 0.6) is 0 Å². The summed E-state index contributed by atoms with van der Waals surface area (Å²) in [6.07, 6.45) is 1.74. The Kier molecular flexibility index (Phi) is 3.77. The van der Waals surface area contributed by atoms with E-state index in [1.165, 1.54) is 6.20 Å². The molecule has 0 N–H and O–H groups in total. The second-order valence-corrected chi connectivity index (χ2v) is 4.36. The van der Waals surface area contributed by atoms with Crippen molar-refractivity contribution < 1.29 is 4.79 Å². The van der Waals surface area contributed by atoms with E-state index in [1.807, 2.05) is 18.2 Å². The van der Waals surface area contributed by atoms with Gasteiger partial charge in [-0.2, -0.15) is 0 Å². The summed E-state index contributed by atoms with van der Waals surface area (Å²) >= 11 is 11.7. The van der Waals surface area contributed by atoms with Crippen molar-refractivity contribution >= 4 is 29.0 Å². The molecule has 0 atom stereocenters. The summed E-state index contributed by atoms with van der Waals surface area (Å²) in [6.45, 7) is 0. The Bertz CT molecular complexity index is 537. The van der Waals surface area contributed by atoms with Gasteiger partial charge in [-0.1, -0.05) is 41.4 Å². The third-order valence-corrected chi connectivity index (χ3v) is 2.95. The Balaban J connectivity index is 2.17. The lowest BCUT2D eigenvalue weighted by Gasteiger charge is -2.03. The molecule has 0 bridgehead atoms. The monoisotopic (exact) mass is 265 g/mol. The first-order valence-electron chi connectivity index (χ1n) is 5.05. The number of aromatic nitrogens is 1. The van der Waals surface area contributed by atoms with Gasteiger partial charge >= 0.3 is 0 Å². The number of hydrogen-bond acceptors (Lipinski definition) is 2. The molecule has 2 nitrogen and oxygen atoms in total. The molecule has 1 aromatic carbocycles. The zero-order valence-corrected chi connectivity index (χ0v) is 10.4. The second kappa shape index (κ2) is 5.30. The smallest absolute Gasteiger partial charge is 0.168 e. The first-order chi connectivity index (χ1) is 8.16. The van der Waals surface area contributed by atoms with Gasteiger partial charge in [-0.15, -0.1) is 0 Å². The molecule has 0 unspecified atom stereocenters. The number of benzene rings is 1. The van der Waals surface area contributed by atoms with Crippen LogP contribution >= 0.6 is 23.2 Å². The lowest BCUT2D eigenvalue weighted by Crippen LogP contribution is -2.04. The summed E-state index contributed by atoms with van der Waals surface area (Å²) < 4.78 is 0.